The van der Waals surface area contributed by atoms with Gasteiger partial charge in [0.25, 0.3) is 0 Å². The molecule has 0 heterocycles. The summed E-state index contributed by atoms with van der Waals surface area (Å²) in [6.45, 7) is 6.08. The number of sulfonamides is 1. The lowest BCUT2D eigenvalue weighted by atomic mass is 10.1. The predicted molar refractivity (Wildman–Crippen MR) is 73.4 cm³/mol. The highest BCUT2D eigenvalue weighted by molar-refractivity contribution is 7.89. The molecule has 108 valence electrons. The highest BCUT2D eigenvalue weighted by atomic mass is 32.2. The van der Waals surface area contributed by atoms with Crippen LogP contribution in [0.15, 0.2) is 29.2 Å². The normalized spacial score (nSPS) is 15.2. The molecule has 2 N–H and O–H groups in total. The molecule has 0 saturated carbocycles. The Kier molecular flexibility index (Phi) is 5.93. The van der Waals surface area contributed by atoms with Gasteiger partial charge in [0.1, 0.15) is 0 Å². The molecule has 2 atom stereocenters. The molecule has 0 spiro atoms. The van der Waals surface area contributed by atoms with Gasteiger partial charge in [-0.3, -0.25) is 0 Å². The maximum atomic E-state index is 12.0. The number of hydrogen-bond donors (Lipinski definition) is 2. The first-order chi connectivity index (χ1) is 8.86. The molecule has 0 amide bonds. The van der Waals surface area contributed by atoms with Crippen LogP contribution in [-0.2, 0) is 14.8 Å². The smallest absolute Gasteiger partial charge is 0.240 e. The van der Waals surface area contributed by atoms with Gasteiger partial charge < -0.3 is 9.84 Å². The highest BCUT2D eigenvalue weighted by Gasteiger charge is 2.15. The SMILES string of the molecule is CCOC(C)CNS(=O)(=O)c1ccc(C(C)O)cc1. The van der Waals surface area contributed by atoms with E-state index in [1.807, 2.05) is 13.8 Å². The van der Waals surface area contributed by atoms with E-state index in [2.05, 4.69) is 4.72 Å². The fraction of sp³-hybridized carbons (Fsp3) is 0.538. The molecule has 0 aromatic heterocycles. The molecule has 0 fully saturated rings. The summed E-state index contributed by atoms with van der Waals surface area (Å²) in [6.07, 6.45) is -0.779. The van der Waals surface area contributed by atoms with Crippen LogP contribution in [0.5, 0.6) is 0 Å². The molecule has 2 unspecified atom stereocenters. The number of rotatable bonds is 7. The lowest BCUT2D eigenvalue weighted by Crippen LogP contribution is -2.32. The second kappa shape index (κ2) is 7.00. The van der Waals surface area contributed by atoms with E-state index in [1.54, 1.807) is 19.1 Å². The third-order valence-corrected chi connectivity index (χ3v) is 4.12. The average molecular weight is 287 g/mol. The van der Waals surface area contributed by atoms with Crippen molar-refractivity contribution < 1.29 is 18.3 Å². The third kappa shape index (κ3) is 4.91. The van der Waals surface area contributed by atoms with Crippen molar-refractivity contribution in [3.05, 3.63) is 29.8 Å². The number of hydrogen-bond acceptors (Lipinski definition) is 4. The van der Waals surface area contributed by atoms with Crippen LogP contribution in [0.1, 0.15) is 32.4 Å². The molecule has 0 radical (unpaired) electrons. The molecule has 6 heteroatoms. The van der Waals surface area contributed by atoms with Gasteiger partial charge in [0.15, 0.2) is 0 Å². The Labute approximate surface area is 114 Å². The Morgan fingerprint density at radius 1 is 1.26 bits per heavy atom. The Morgan fingerprint density at radius 2 is 1.84 bits per heavy atom. The van der Waals surface area contributed by atoms with Gasteiger partial charge in [0, 0.05) is 13.2 Å². The Bertz CT molecular complexity index is 482. The van der Waals surface area contributed by atoms with E-state index in [1.165, 1.54) is 12.1 Å². The Hall–Kier alpha value is -0.950. The molecule has 1 aromatic rings. The minimum atomic E-state index is -3.53. The van der Waals surface area contributed by atoms with Crippen molar-refractivity contribution in [2.24, 2.45) is 0 Å². The van der Waals surface area contributed by atoms with Crippen LogP contribution < -0.4 is 4.72 Å². The van der Waals surface area contributed by atoms with Crippen molar-refractivity contribution >= 4 is 10.0 Å². The predicted octanol–water partition coefficient (Wildman–Crippen LogP) is 1.44. The molecular formula is C13H21NO4S. The monoisotopic (exact) mass is 287 g/mol. The number of aliphatic hydroxyl groups excluding tert-OH is 1. The van der Waals surface area contributed by atoms with E-state index >= 15 is 0 Å². The van der Waals surface area contributed by atoms with E-state index < -0.39 is 16.1 Å². The van der Waals surface area contributed by atoms with E-state index in [9.17, 15) is 13.5 Å². The van der Waals surface area contributed by atoms with Gasteiger partial charge in [-0.2, -0.15) is 0 Å². The summed E-state index contributed by atoms with van der Waals surface area (Å²) < 4.78 is 31.7. The first-order valence-electron chi connectivity index (χ1n) is 6.26. The van der Waals surface area contributed by atoms with Gasteiger partial charge in [-0.05, 0) is 38.5 Å². The van der Waals surface area contributed by atoms with E-state index in [0.717, 1.165) is 0 Å². The number of ether oxygens (including phenoxy) is 1. The molecule has 5 nitrogen and oxygen atoms in total. The summed E-state index contributed by atoms with van der Waals surface area (Å²) >= 11 is 0. The highest BCUT2D eigenvalue weighted by Crippen LogP contribution is 2.15. The molecule has 19 heavy (non-hydrogen) atoms. The molecule has 0 saturated heterocycles. The average Bonchev–Trinajstić information content (AvgIpc) is 2.37. The molecule has 0 bridgehead atoms. The fourth-order valence-electron chi connectivity index (χ4n) is 1.58. The quantitative estimate of drug-likeness (QED) is 0.796. The largest absolute Gasteiger partial charge is 0.389 e. The van der Waals surface area contributed by atoms with Gasteiger partial charge in [-0.1, -0.05) is 12.1 Å². The maximum Gasteiger partial charge on any atom is 0.240 e. The first-order valence-corrected chi connectivity index (χ1v) is 7.74. The maximum absolute atomic E-state index is 12.0. The summed E-state index contributed by atoms with van der Waals surface area (Å²) in [5.74, 6) is 0. The van der Waals surface area contributed by atoms with Crippen molar-refractivity contribution in [3.63, 3.8) is 0 Å². The number of aliphatic hydroxyl groups is 1. The number of nitrogens with one attached hydrogen (secondary N) is 1. The van der Waals surface area contributed by atoms with E-state index in [-0.39, 0.29) is 17.5 Å². The van der Waals surface area contributed by atoms with Crippen molar-refractivity contribution in [1.29, 1.82) is 0 Å². The van der Waals surface area contributed by atoms with Gasteiger partial charge >= 0.3 is 0 Å². The summed E-state index contributed by atoms with van der Waals surface area (Å²) in [5.41, 5.74) is 0.682. The lowest BCUT2D eigenvalue weighted by Gasteiger charge is -2.13. The summed E-state index contributed by atoms with van der Waals surface area (Å²) in [7, 11) is -3.53. The standard InChI is InChI=1S/C13H21NO4S/c1-4-18-10(2)9-14-19(16,17)13-7-5-12(6-8-13)11(3)15/h5-8,10-11,14-15H,4,9H2,1-3H3. The topological polar surface area (TPSA) is 75.6 Å². The van der Waals surface area contributed by atoms with E-state index in [0.29, 0.717) is 12.2 Å². The van der Waals surface area contributed by atoms with Crippen molar-refractivity contribution in [3.8, 4) is 0 Å². The van der Waals surface area contributed by atoms with Crippen molar-refractivity contribution in [2.45, 2.75) is 37.9 Å². The zero-order chi connectivity index (χ0) is 14.5. The van der Waals surface area contributed by atoms with Crippen LogP contribution >= 0.6 is 0 Å². The van der Waals surface area contributed by atoms with Crippen molar-refractivity contribution in [1.82, 2.24) is 4.72 Å². The second-order valence-electron chi connectivity index (χ2n) is 4.36. The second-order valence-corrected chi connectivity index (χ2v) is 6.13. The van der Waals surface area contributed by atoms with Gasteiger partial charge in [-0.25, -0.2) is 13.1 Å². The Morgan fingerprint density at radius 3 is 2.32 bits per heavy atom. The van der Waals surface area contributed by atoms with Gasteiger partial charge in [0.2, 0.25) is 10.0 Å². The van der Waals surface area contributed by atoms with Crippen LogP contribution in [0.4, 0.5) is 0 Å². The van der Waals surface area contributed by atoms with Crippen LogP contribution in [0.25, 0.3) is 0 Å². The molecule has 0 aliphatic carbocycles. The summed E-state index contributed by atoms with van der Waals surface area (Å²) in [6, 6.07) is 6.17. The lowest BCUT2D eigenvalue weighted by molar-refractivity contribution is 0.0799. The van der Waals surface area contributed by atoms with Crippen LogP contribution in [0, 0.1) is 0 Å². The zero-order valence-electron chi connectivity index (χ0n) is 11.5. The summed E-state index contributed by atoms with van der Waals surface area (Å²) in [5, 5.41) is 9.37. The molecular weight excluding hydrogens is 266 g/mol. The zero-order valence-corrected chi connectivity index (χ0v) is 12.3. The molecule has 0 aliphatic rings. The molecule has 0 aliphatic heterocycles. The fourth-order valence-corrected chi connectivity index (χ4v) is 2.69. The Balaban J connectivity index is 2.72. The van der Waals surface area contributed by atoms with Crippen LogP contribution in [0.3, 0.4) is 0 Å². The van der Waals surface area contributed by atoms with Crippen LogP contribution in [0.2, 0.25) is 0 Å². The summed E-state index contributed by atoms with van der Waals surface area (Å²) in [4.78, 5) is 0.181. The molecule has 1 aromatic carbocycles. The van der Waals surface area contributed by atoms with Crippen molar-refractivity contribution in [2.75, 3.05) is 13.2 Å². The minimum Gasteiger partial charge on any atom is -0.389 e. The van der Waals surface area contributed by atoms with Gasteiger partial charge in [0.05, 0.1) is 17.1 Å². The first kappa shape index (κ1) is 16.1. The number of benzene rings is 1. The van der Waals surface area contributed by atoms with Crippen LogP contribution in [-0.4, -0.2) is 32.8 Å². The molecule has 1 rings (SSSR count). The third-order valence-electron chi connectivity index (χ3n) is 2.68. The van der Waals surface area contributed by atoms with Gasteiger partial charge in [-0.15, -0.1) is 0 Å². The minimum absolute atomic E-state index is 0.170. The van der Waals surface area contributed by atoms with E-state index in [4.69, 9.17) is 4.74 Å².